The number of methoxy groups -OCH3 is 1. The third-order valence-electron chi connectivity index (χ3n) is 6.76. The zero-order valence-corrected chi connectivity index (χ0v) is 21.0. The van der Waals surface area contributed by atoms with Crippen LogP contribution in [0.4, 0.5) is 5.82 Å². The number of hydrogen-bond donors (Lipinski definition) is 0. The number of ether oxygens (including phenoxy) is 1. The predicted octanol–water partition coefficient (Wildman–Crippen LogP) is 3.44. The first-order valence-electron chi connectivity index (χ1n) is 12.3. The lowest BCUT2D eigenvalue weighted by Gasteiger charge is -2.35. The number of carbonyl (C=O) groups excluding carboxylic acids is 1. The van der Waals surface area contributed by atoms with Gasteiger partial charge in [-0.2, -0.15) is 5.10 Å². The highest BCUT2D eigenvalue weighted by atomic mass is 16.5. The van der Waals surface area contributed by atoms with E-state index in [1.165, 1.54) is 6.33 Å². The van der Waals surface area contributed by atoms with Crippen LogP contribution in [0.1, 0.15) is 29.8 Å². The molecule has 0 unspecified atom stereocenters. The van der Waals surface area contributed by atoms with E-state index in [-0.39, 0.29) is 12.5 Å². The Balaban J connectivity index is 1.33. The van der Waals surface area contributed by atoms with Crippen molar-refractivity contribution in [2.24, 2.45) is 0 Å². The number of anilines is 1. The summed E-state index contributed by atoms with van der Waals surface area (Å²) < 4.78 is 7.04. The van der Waals surface area contributed by atoms with Gasteiger partial charge in [-0.25, -0.2) is 9.97 Å². The van der Waals surface area contributed by atoms with E-state index in [4.69, 9.17) is 14.8 Å². The van der Waals surface area contributed by atoms with Crippen LogP contribution in [0.15, 0.2) is 48.8 Å². The minimum Gasteiger partial charge on any atom is -0.481 e. The highest BCUT2D eigenvalue weighted by molar-refractivity contribution is 5.79. The first kappa shape index (κ1) is 23.7. The lowest BCUT2D eigenvalue weighted by molar-refractivity contribution is -0.132. The molecule has 9 nitrogen and oxygen atoms in total. The molecule has 36 heavy (non-hydrogen) atoms. The van der Waals surface area contributed by atoms with Crippen LogP contribution >= 0.6 is 0 Å². The molecule has 2 aliphatic rings. The second-order valence-electron chi connectivity index (χ2n) is 9.10. The van der Waals surface area contributed by atoms with Crippen molar-refractivity contribution in [1.82, 2.24) is 29.6 Å². The van der Waals surface area contributed by atoms with E-state index >= 15 is 0 Å². The Bertz CT molecular complexity index is 1320. The second kappa shape index (κ2) is 10.3. The van der Waals surface area contributed by atoms with Gasteiger partial charge in [0.25, 0.3) is 0 Å². The normalized spacial score (nSPS) is 15.7. The molecule has 5 rings (SSSR count). The van der Waals surface area contributed by atoms with Gasteiger partial charge in [0.15, 0.2) is 0 Å². The third kappa shape index (κ3) is 5.00. The van der Waals surface area contributed by atoms with E-state index in [0.717, 1.165) is 52.6 Å². The number of carbonyl (C=O) groups is 1. The van der Waals surface area contributed by atoms with Gasteiger partial charge in [-0.3, -0.25) is 14.5 Å². The number of allylic oxidation sites excluding steroid dienone is 4. The molecule has 9 heteroatoms. The largest absolute Gasteiger partial charge is 0.481 e. The number of aromatic nitrogens is 5. The van der Waals surface area contributed by atoms with E-state index < -0.39 is 0 Å². The van der Waals surface area contributed by atoms with E-state index in [9.17, 15) is 4.79 Å². The first-order valence-corrected chi connectivity index (χ1v) is 12.3. The summed E-state index contributed by atoms with van der Waals surface area (Å²) >= 11 is 0. The third-order valence-corrected chi connectivity index (χ3v) is 6.76. The lowest BCUT2D eigenvalue weighted by atomic mass is 10.0. The zero-order chi connectivity index (χ0) is 25.1. The fourth-order valence-electron chi connectivity index (χ4n) is 4.50. The van der Waals surface area contributed by atoms with Crippen LogP contribution in [-0.2, 0) is 11.3 Å². The van der Waals surface area contributed by atoms with Crippen LogP contribution in [-0.4, -0.2) is 68.8 Å². The first-order chi connectivity index (χ1) is 17.5. The molecule has 3 aromatic heterocycles. The van der Waals surface area contributed by atoms with E-state index in [0.29, 0.717) is 32.1 Å². The summed E-state index contributed by atoms with van der Waals surface area (Å²) in [5.74, 6) is 1.40. The molecular weight excluding hydrogens is 454 g/mol. The Kier molecular flexibility index (Phi) is 6.79. The lowest BCUT2D eigenvalue weighted by Crippen LogP contribution is -2.50. The van der Waals surface area contributed by atoms with Gasteiger partial charge in [-0.15, -0.1) is 0 Å². The average Bonchev–Trinajstić information content (AvgIpc) is 3.34. The van der Waals surface area contributed by atoms with Crippen LogP contribution in [0.3, 0.4) is 0 Å². The van der Waals surface area contributed by atoms with Crippen molar-refractivity contribution in [2.45, 2.75) is 33.2 Å². The van der Waals surface area contributed by atoms with E-state index in [1.807, 2.05) is 41.6 Å². The average molecular weight is 486 g/mol. The molecule has 1 saturated heterocycles. The summed E-state index contributed by atoms with van der Waals surface area (Å²) in [5.41, 5.74) is 5.77. The highest BCUT2D eigenvalue weighted by Crippen LogP contribution is 2.27. The van der Waals surface area contributed by atoms with Gasteiger partial charge in [0.05, 0.1) is 18.5 Å². The molecule has 186 valence electrons. The molecule has 0 spiro atoms. The smallest absolute Gasteiger partial charge is 0.244 e. The van der Waals surface area contributed by atoms with Crippen molar-refractivity contribution in [3.05, 3.63) is 65.8 Å². The minimum atomic E-state index is 0.0549. The monoisotopic (exact) mass is 485 g/mol. The topological polar surface area (TPSA) is 89.3 Å². The van der Waals surface area contributed by atoms with Crippen molar-refractivity contribution in [3.8, 4) is 17.3 Å². The maximum absolute atomic E-state index is 13.3. The summed E-state index contributed by atoms with van der Waals surface area (Å²) in [6, 6.07) is 7.93. The fraction of sp³-hybridized carbons (Fsp3) is 0.370. The van der Waals surface area contributed by atoms with Crippen LogP contribution in [0.25, 0.3) is 17.0 Å². The second-order valence-corrected chi connectivity index (χ2v) is 9.10. The summed E-state index contributed by atoms with van der Waals surface area (Å²) in [6.45, 7) is 6.88. The summed E-state index contributed by atoms with van der Waals surface area (Å²) in [5, 5.41) is 4.83. The SMILES string of the molecule is COc1cc(N2CCN(C(=O)Cn3nc(-c4ccc(C)c(C)n4)cc3C3=CCCC=C3)CC2)ncn1. The van der Waals surface area contributed by atoms with Crippen LogP contribution in [0.5, 0.6) is 5.88 Å². The van der Waals surface area contributed by atoms with Crippen LogP contribution in [0.2, 0.25) is 0 Å². The maximum atomic E-state index is 13.3. The number of pyridine rings is 1. The molecule has 4 heterocycles. The van der Waals surface area contributed by atoms with Gasteiger partial charge >= 0.3 is 0 Å². The number of nitrogens with zero attached hydrogens (tertiary/aromatic N) is 7. The molecule has 1 fully saturated rings. The van der Waals surface area contributed by atoms with Crippen molar-refractivity contribution in [3.63, 3.8) is 0 Å². The van der Waals surface area contributed by atoms with Gasteiger partial charge in [-0.1, -0.05) is 24.3 Å². The quantitative estimate of drug-likeness (QED) is 0.528. The van der Waals surface area contributed by atoms with Crippen LogP contribution in [0, 0.1) is 13.8 Å². The van der Waals surface area contributed by atoms with Gasteiger partial charge < -0.3 is 14.5 Å². The molecule has 0 saturated carbocycles. The zero-order valence-electron chi connectivity index (χ0n) is 21.0. The Labute approximate surface area is 211 Å². The Morgan fingerprint density at radius 3 is 2.58 bits per heavy atom. The molecule has 0 bridgehead atoms. The van der Waals surface area contributed by atoms with Gasteiger partial charge in [0, 0.05) is 37.9 Å². The molecule has 0 aromatic carbocycles. The summed E-state index contributed by atoms with van der Waals surface area (Å²) in [7, 11) is 1.59. The van der Waals surface area contributed by atoms with Crippen LogP contribution < -0.4 is 9.64 Å². The van der Waals surface area contributed by atoms with Gasteiger partial charge in [0.1, 0.15) is 24.4 Å². The molecule has 0 atom stereocenters. The standard InChI is InChI=1S/C27H31N7O2/c1-19-9-10-22(30-20(19)2)23-15-24(21-7-5-4-6-8-21)34(31-23)17-27(35)33-13-11-32(12-14-33)25-16-26(36-3)29-18-28-25/h5,7-10,15-16,18H,4,6,11-14,17H2,1-3H3. The van der Waals surface area contributed by atoms with E-state index in [1.54, 1.807) is 7.11 Å². The Morgan fingerprint density at radius 2 is 1.86 bits per heavy atom. The fourth-order valence-corrected chi connectivity index (χ4v) is 4.50. The molecule has 1 amide bonds. The number of piperazine rings is 1. The Hall–Kier alpha value is -4.01. The molecular formula is C27H31N7O2. The van der Waals surface area contributed by atoms with Gasteiger partial charge in [0.2, 0.25) is 11.8 Å². The van der Waals surface area contributed by atoms with Gasteiger partial charge in [-0.05, 0) is 50.0 Å². The summed E-state index contributed by atoms with van der Waals surface area (Å²) in [6.07, 6.45) is 10.0. The number of aryl methyl sites for hydroxylation is 2. The molecule has 0 radical (unpaired) electrons. The van der Waals surface area contributed by atoms with Crippen molar-refractivity contribution in [1.29, 1.82) is 0 Å². The minimum absolute atomic E-state index is 0.0549. The van der Waals surface area contributed by atoms with Crippen molar-refractivity contribution < 1.29 is 9.53 Å². The highest BCUT2D eigenvalue weighted by Gasteiger charge is 2.24. The van der Waals surface area contributed by atoms with Crippen molar-refractivity contribution in [2.75, 3.05) is 38.2 Å². The predicted molar refractivity (Wildman–Crippen MR) is 139 cm³/mol. The van der Waals surface area contributed by atoms with Crippen molar-refractivity contribution >= 4 is 17.3 Å². The Morgan fingerprint density at radius 1 is 1.03 bits per heavy atom. The van der Waals surface area contributed by atoms with E-state index in [2.05, 4.69) is 39.2 Å². The molecule has 0 N–H and O–H groups in total. The molecule has 1 aliphatic heterocycles. The number of rotatable bonds is 6. The number of hydrogen-bond acceptors (Lipinski definition) is 7. The molecule has 3 aromatic rings. The summed E-state index contributed by atoms with van der Waals surface area (Å²) in [4.78, 5) is 30.5. The number of amides is 1. The maximum Gasteiger partial charge on any atom is 0.244 e. The molecule has 1 aliphatic carbocycles.